The Bertz CT molecular complexity index is 747. The van der Waals surface area contributed by atoms with Gasteiger partial charge in [0.25, 0.3) is 11.6 Å². The van der Waals surface area contributed by atoms with Crippen LogP contribution in [0, 0.1) is 10.1 Å². The van der Waals surface area contributed by atoms with E-state index in [1.165, 1.54) is 18.4 Å². The molecule has 0 aliphatic rings. The lowest BCUT2D eigenvalue weighted by molar-refractivity contribution is -0.384. The van der Waals surface area contributed by atoms with Gasteiger partial charge in [-0.3, -0.25) is 20.2 Å². The molecular formula is C12H8ClN3O5S. The number of thiocarbonyl (C=S) groups is 1. The van der Waals surface area contributed by atoms with Gasteiger partial charge in [0, 0.05) is 12.1 Å². The lowest BCUT2D eigenvalue weighted by Gasteiger charge is -2.10. The minimum atomic E-state index is -0.680. The third kappa shape index (κ3) is 3.51. The minimum Gasteiger partial charge on any atom is -0.504 e. The van der Waals surface area contributed by atoms with Crippen LogP contribution in [-0.2, 0) is 0 Å². The van der Waals surface area contributed by atoms with Gasteiger partial charge in [0.1, 0.15) is 0 Å². The number of carbonyl (C=O) groups is 1. The molecule has 3 N–H and O–H groups in total. The molecule has 22 heavy (non-hydrogen) atoms. The van der Waals surface area contributed by atoms with Gasteiger partial charge >= 0.3 is 0 Å². The SMILES string of the molecule is O=C(NC(=S)Nc1cc([N+](=O)[O-])cc(Cl)c1O)c1ccco1. The zero-order valence-corrected chi connectivity index (χ0v) is 12.3. The van der Waals surface area contributed by atoms with Gasteiger partial charge in [0.2, 0.25) is 0 Å². The maximum Gasteiger partial charge on any atom is 0.293 e. The van der Waals surface area contributed by atoms with E-state index in [2.05, 4.69) is 10.6 Å². The van der Waals surface area contributed by atoms with Crippen molar-refractivity contribution in [3.8, 4) is 5.75 Å². The molecule has 0 aliphatic heterocycles. The van der Waals surface area contributed by atoms with Crippen molar-refractivity contribution in [2.45, 2.75) is 0 Å². The molecule has 0 atom stereocenters. The average molecular weight is 342 g/mol. The van der Waals surface area contributed by atoms with Crippen molar-refractivity contribution in [2.75, 3.05) is 5.32 Å². The number of non-ortho nitro benzene ring substituents is 1. The standard InChI is InChI=1S/C12H8ClN3O5S/c13-7-4-6(16(19)20)5-8(10(7)17)14-12(22)15-11(18)9-2-1-3-21-9/h1-5,17H,(H2,14,15,18,22). The van der Waals surface area contributed by atoms with Gasteiger partial charge in [-0.05, 0) is 24.4 Å². The summed E-state index contributed by atoms with van der Waals surface area (Å²) in [5, 5.41) is 24.9. The normalized spacial score (nSPS) is 10.0. The molecule has 0 radical (unpaired) electrons. The molecule has 0 saturated carbocycles. The molecule has 8 nitrogen and oxygen atoms in total. The Hall–Kier alpha value is -2.65. The molecule has 0 unspecified atom stereocenters. The number of benzene rings is 1. The molecule has 0 fully saturated rings. The van der Waals surface area contributed by atoms with E-state index in [9.17, 15) is 20.0 Å². The number of rotatable bonds is 3. The quantitative estimate of drug-likeness (QED) is 0.340. The minimum absolute atomic E-state index is 0.0328. The van der Waals surface area contributed by atoms with Crippen LogP contribution >= 0.6 is 23.8 Å². The van der Waals surface area contributed by atoms with Crippen molar-refractivity contribution in [2.24, 2.45) is 0 Å². The number of nitro groups is 1. The van der Waals surface area contributed by atoms with Crippen LogP contribution < -0.4 is 10.6 Å². The summed E-state index contributed by atoms with van der Waals surface area (Å²) in [6.45, 7) is 0. The number of hydrogen-bond acceptors (Lipinski definition) is 6. The fraction of sp³-hybridized carbons (Fsp3) is 0. The number of furan rings is 1. The number of halogens is 1. The first-order valence-electron chi connectivity index (χ1n) is 5.71. The molecule has 1 heterocycles. The molecular weight excluding hydrogens is 334 g/mol. The number of phenolic OH excluding ortho intramolecular Hbond substituents is 1. The van der Waals surface area contributed by atoms with E-state index in [1.54, 1.807) is 0 Å². The smallest absolute Gasteiger partial charge is 0.293 e. The first kappa shape index (κ1) is 15.7. The maximum absolute atomic E-state index is 11.7. The second-order valence-corrected chi connectivity index (χ2v) is 4.78. The van der Waals surface area contributed by atoms with Crippen molar-refractivity contribution < 1.29 is 19.2 Å². The van der Waals surface area contributed by atoms with Crippen molar-refractivity contribution in [1.82, 2.24) is 5.32 Å². The molecule has 2 rings (SSSR count). The summed E-state index contributed by atoms with van der Waals surface area (Å²) in [6.07, 6.45) is 1.32. The number of anilines is 1. The highest BCUT2D eigenvalue weighted by molar-refractivity contribution is 7.80. The lowest BCUT2D eigenvalue weighted by atomic mass is 10.2. The van der Waals surface area contributed by atoms with Crippen molar-refractivity contribution in [3.05, 3.63) is 51.4 Å². The van der Waals surface area contributed by atoms with E-state index in [0.29, 0.717) is 0 Å². The van der Waals surface area contributed by atoms with Crippen LogP contribution in [0.2, 0.25) is 5.02 Å². The van der Waals surface area contributed by atoms with Gasteiger partial charge in [-0.25, -0.2) is 0 Å². The van der Waals surface area contributed by atoms with Gasteiger partial charge in [0.05, 0.1) is 21.9 Å². The molecule has 1 aromatic carbocycles. The summed E-state index contributed by atoms with van der Waals surface area (Å²) in [4.78, 5) is 21.8. The van der Waals surface area contributed by atoms with E-state index < -0.39 is 16.6 Å². The number of hydrogen-bond donors (Lipinski definition) is 3. The van der Waals surface area contributed by atoms with Crippen LogP contribution in [0.5, 0.6) is 5.75 Å². The Kier molecular flexibility index (Phi) is 4.59. The van der Waals surface area contributed by atoms with Crippen molar-refractivity contribution >= 4 is 46.2 Å². The number of nitrogens with zero attached hydrogens (tertiary/aromatic N) is 1. The molecule has 1 amide bonds. The number of nitrogens with one attached hydrogen (secondary N) is 2. The largest absolute Gasteiger partial charge is 0.504 e. The first-order chi connectivity index (χ1) is 10.4. The third-order valence-electron chi connectivity index (χ3n) is 2.48. The van der Waals surface area contributed by atoms with Crippen LogP contribution in [0.3, 0.4) is 0 Å². The van der Waals surface area contributed by atoms with E-state index in [0.717, 1.165) is 12.1 Å². The molecule has 114 valence electrons. The lowest BCUT2D eigenvalue weighted by Crippen LogP contribution is -2.33. The topological polar surface area (TPSA) is 118 Å². The first-order valence-corrected chi connectivity index (χ1v) is 6.50. The van der Waals surface area contributed by atoms with Crippen LogP contribution in [-0.4, -0.2) is 21.0 Å². The Labute approximate surface area is 133 Å². The van der Waals surface area contributed by atoms with Crippen LogP contribution in [0.25, 0.3) is 0 Å². The van der Waals surface area contributed by atoms with Gasteiger partial charge < -0.3 is 14.8 Å². The fourth-order valence-corrected chi connectivity index (χ4v) is 1.93. The predicted octanol–water partition coefficient (Wildman–Crippen LogP) is 2.67. The number of aromatic hydroxyl groups is 1. The van der Waals surface area contributed by atoms with Gasteiger partial charge in [-0.15, -0.1) is 0 Å². The molecule has 1 aromatic heterocycles. The van der Waals surface area contributed by atoms with E-state index in [1.807, 2.05) is 0 Å². The summed E-state index contributed by atoms with van der Waals surface area (Å²) in [5.41, 5.74) is -0.450. The summed E-state index contributed by atoms with van der Waals surface area (Å²) >= 11 is 10.6. The zero-order valence-electron chi connectivity index (χ0n) is 10.7. The van der Waals surface area contributed by atoms with Gasteiger partial charge in [0.15, 0.2) is 16.6 Å². The van der Waals surface area contributed by atoms with Crippen molar-refractivity contribution in [3.63, 3.8) is 0 Å². The molecule has 10 heteroatoms. The third-order valence-corrected chi connectivity index (χ3v) is 2.97. The van der Waals surface area contributed by atoms with E-state index >= 15 is 0 Å². The molecule has 0 bridgehead atoms. The van der Waals surface area contributed by atoms with Crippen LogP contribution in [0.4, 0.5) is 11.4 Å². The van der Waals surface area contributed by atoms with Crippen LogP contribution in [0.15, 0.2) is 34.9 Å². The second-order valence-electron chi connectivity index (χ2n) is 3.97. The second kappa shape index (κ2) is 6.41. The highest BCUT2D eigenvalue weighted by atomic mass is 35.5. The number of phenols is 1. The molecule has 0 spiro atoms. The summed E-state index contributed by atoms with van der Waals surface area (Å²) in [5.74, 6) is -1.01. The number of carbonyl (C=O) groups excluding carboxylic acids is 1. The summed E-state index contributed by atoms with van der Waals surface area (Å²) in [7, 11) is 0. The summed E-state index contributed by atoms with van der Waals surface area (Å²) < 4.78 is 4.88. The van der Waals surface area contributed by atoms with Gasteiger partial charge in [-0.2, -0.15) is 0 Å². The molecule has 0 aliphatic carbocycles. The Morgan fingerprint density at radius 2 is 2.18 bits per heavy atom. The molecule has 2 aromatic rings. The van der Waals surface area contributed by atoms with Crippen molar-refractivity contribution in [1.29, 1.82) is 0 Å². The number of nitro benzene ring substituents is 1. The number of amides is 1. The van der Waals surface area contributed by atoms with Gasteiger partial charge in [-0.1, -0.05) is 11.6 Å². The van der Waals surface area contributed by atoms with E-state index in [-0.39, 0.29) is 27.3 Å². The monoisotopic (exact) mass is 341 g/mol. The Morgan fingerprint density at radius 3 is 2.77 bits per heavy atom. The molecule has 0 saturated heterocycles. The summed E-state index contributed by atoms with van der Waals surface area (Å²) in [6, 6.07) is 4.98. The average Bonchev–Trinajstić information content (AvgIpc) is 2.97. The zero-order chi connectivity index (χ0) is 16.3. The fourth-order valence-electron chi connectivity index (χ4n) is 1.51. The van der Waals surface area contributed by atoms with Crippen LogP contribution in [0.1, 0.15) is 10.6 Å². The Morgan fingerprint density at radius 1 is 1.45 bits per heavy atom. The van der Waals surface area contributed by atoms with E-state index in [4.69, 9.17) is 28.2 Å². The maximum atomic E-state index is 11.7. The Balaban J connectivity index is 2.14. The predicted molar refractivity (Wildman–Crippen MR) is 82.2 cm³/mol. The highest BCUT2D eigenvalue weighted by Crippen LogP contribution is 2.35. The highest BCUT2D eigenvalue weighted by Gasteiger charge is 2.17.